The van der Waals surface area contributed by atoms with E-state index >= 15 is 0 Å². The molecule has 0 spiro atoms. The van der Waals surface area contributed by atoms with Gasteiger partial charge in [0.2, 0.25) is 15.9 Å². The zero-order chi connectivity index (χ0) is 19.4. The van der Waals surface area contributed by atoms with Crippen molar-refractivity contribution in [1.29, 1.82) is 0 Å². The maximum absolute atomic E-state index is 12.3. The van der Waals surface area contributed by atoms with Crippen molar-refractivity contribution in [2.75, 3.05) is 62.6 Å². The minimum absolute atomic E-state index is 0. The average molecular weight is 421 g/mol. The van der Waals surface area contributed by atoms with Crippen molar-refractivity contribution in [3.63, 3.8) is 0 Å². The lowest BCUT2D eigenvalue weighted by Gasteiger charge is -2.41. The van der Waals surface area contributed by atoms with Crippen LogP contribution in [-0.4, -0.2) is 81.4 Å². The van der Waals surface area contributed by atoms with Crippen LogP contribution >= 0.6 is 0 Å². The average Bonchev–Trinajstić information content (AvgIpc) is 2.52. The number of hydrogen-bond donors (Lipinski definition) is 3. The molecule has 8 nitrogen and oxygen atoms in total. The van der Waals surface area contributed by atoms with Gasteiger partial charge < -0.3 is 27.3 Å². The van der Waals surface area contributed by atoms with Crippen LogP contribution in [-0.2, 0) is 14.8 Å². The minimum Gasteiger partial charge on any atom is -1.00 e. The van der Waals surface area contributed by atoms with E-state index in [0.717, 1.165) is 37.2 Å². The summed E-state index contributed by atoms with van der Waals surface area (Å²) in [6.07, 6.45) is 0.556. The molecule has 1 aliphatic rings. The molecule has 0 unspecified atom stereocenters. The lowest BCUT2D eigenvalue weighted by molar-refractivity contribution is -0.913. The molecule has 0 saturated carbocycles. The third-order valence-electron chi connectivity index (χ3n) is 4.74. The quantitative estimate of drug-likeness (QED) is 0.346. The van der Waals surface area contributed by atoms with E-state index in [1.807, 2.05) is 0 Å². The highest BCUT2D eigenvalue weighted by molar-refractivity contribution is 7.92. The van der Waals surface area contributed by atoms with Crippen LogP contribution in [0.2, 0.25) is 0 Å². The van der Waals surface area contributed by atoms with Gasteiger partial charge in [-0.25, -0.2) is 8.42 Å². The Morgan fingerprint density at radius 2 is 1.93 bits per heavy atom. The van der Waals surface area contributed by atoms with Crippen molar-refractivity contribution >= 4 is 27.3 Å². The molecule has 1 aliphatic heterocycles. The number of aromatic hydroxyl groups is 1. The van der Waals surface area contributed by atoms with Crippen molar-refractivity contribution in [2.45, 2.75) is 13.3 Å². The Bertz CT molecular complexity index is 749. The number of quaternary nitrogens is 1. The summed E-state index contributed by atoms with van der Waals surface area (Å²) in [7, 11) is 0.716. The highest BCUT2D eigenvalue weighted by atomic mass is 35.5. The predicted octanol–water partition coefficient (Wildman–Crippen LogP) is -2.12. The monoisotopic (exact) mass is 420 g/mol. The normalized spacial score (nSPS) is 17.0. The Morgan fingerprint density at radius 1 is 1.30 bits per heavy atom. The summed E-state index contributed by atoms with van der Waals surface area (Å²) in [5.74, 6) is -0.486. The van der Waals surface area contributed by atoms with Crippen LogP contribution in [0.4, 0.5) is 11.4 Å². The van der Waals surface area contributed by atoms with Crippen molar-refractivity contribution in [1.82, 2.24) is 4.90 Å². The van der Waals surface area contributed by atoms with Gasteiger partial charge in [0.25, 0.3) is 0 Å². The van der Waals surface area contributed by atoms with E-state index in [2.05, 4.69) is 29.0 Å². The lowest BCUT2D eigenvalue weighted by Crippen LogP contribution is -3.00. The Morgan fingerprint density at radius 3 is 2.48 bits per heavy atom. The largest absolute Gasteiger partial charge is 1.00 e. The standard InChI is InChI=1S/C17H28N4O4S.ClH/c1-14(22)18-15-5-6-16(17(23)13-15)19-26(24,25)12-4-9-21(3)10-7-20(2)8-11-21;/h5-6,13,19H,4,7-12H2,1-3H3,(H-,18,22,23);1H. The molecule has 0 radical (unpaired) electrons. The van der Waals surface area contributed by atoms with Gasteiger partial charge in [-0.1, -0.05) is 0 Å². The van der Waals surface area contributed by atoms with Gasteiger partial charge >= 0.3 is 0 Å². The van der Waals surface area contributed by atoms with Crippen LogP contribution in [0.15, 0.2) is 18.2 Å². The first-order valence-corrected chi connectivity index (χ1v) is 10.4. The Labute approximate surface area is 167 Å². The summed E-state index contributed by atoms with van der Waals surface area (Å²) in [6.45, 7) is 6.26. The van der Waals surface area contributed by atoms with Gasteiger partial charge in [-0.3, -0.25) is 14.4 Å². The first-order chi connectivity index (χ1) is 12.1. The number of likely N-dealkylation sites (N-methyl/N-ethyl adjacent to an activating group) is 2. The Balaban J connectivity index is 0.00000364. The zero-order valence-corrected chi connectivity index (χ0v) is 17.6. The van der Waals surface area contributed by atoms with Gasteiger partial charge in [0.15, 0.2) is 0 Å². The van der Waals surface area contributed by atoms with Crippen molar-refractivity contribution in [3.8, 4) is 5.75 Å². The maximum Gasteiger partial charge on any atom is 0.233 e. The summed E-state index contributed by atoms with van der Waals surface area (Å²) < 4.78 is 27.9. The summed E-state index contributed by atoms with van der Waals surface area (Å²) >= 11 is 0. The summed E-state index contributed by atoms with van der Waals surface area (Å²) in [5, 5.41) is 12.5. The van der Waals surface area contributed by atoms with Crippen molar-refractivity contribution in [3.05, 3.63) is 18.2 Å². The zero-order valence-electron chi connectivity index (χ0n) is 16.0. The third kappa shape index (κ3) is 7.53. The number of benzene rings is 1. The lowest BCUT2D eigenvalue weighted by atomic mass is 10.2. The van der Waals surface area contributed by atoms with Crippen molar-refractivity contribution < 1.29 is 35.2 Å². The predicted molar refractivity (Wildman–Crippen MR) is 103 cm³/mol. The Hall–Kier alpha value is -1.55. The molecular weight excluding hydrogens is 392 g/mol. The smallest absolute Gasteiger partial charge is 0.233 e. The van der Waals surface area contributed by atoms with Gasteiger partial charge in [0.1, 0.15) is 5.75 Å². The second-order valence-corrected chi connectivity index (χ2v) is 9.12. The van der Waals surface area contributed by atoms with E-state index in [0.29, 0.717) is 12.1 Å². The van der Waals surface area contributed by atoms with Crippen LogP contribution in [0, 0.1) is 0 Å². The number of anilines is 2. The first kappa shape index (κ1) is 23.5. The van der Waals surface area contributed by atoms with Crippen LogP contribution in [0.25, 0.3) is 0 Å². The number of amides is 1. The van der Waals surface area contributed by atoms with Crippen LogP contribution in [0.3, 0.4) is 0 Å². The third-order valence-corrected chi connectivity index (χ3v) is 6.09. The number of phenolic OH excluding ortho intramolecular Hbond substituents is 1. The fraction of sp³-hybridized carbons (Fsp3) is 0.588. The molecule has 1 aromatic rings. The molecule has 1 heterocycles. The van der Waals surface area contributed by atoms with Crippen LogP contribution in [0.1, 0.15) is 13.3 Å². The van der Waals surface area contributed by atoms with Gasteiger partial charge in [0, 0.05) is 38.2 Å². The van der Waals surface area contributed by atoms with Gasteiger partial charge in [0.05, 0.1) is 38.1 Å². The number of hydrogen-bond acceptors (Lipinski definition) is 5. The van der Waals surface area contributed by atoms with E-state index < -0.39 is 10.0 Å². The number of nitrogens with zero attached hydrogens (tertiary/aromatic N) is 2. The highest BCUT2D eigenvalue weighted by Crippen LogP contribution is 2.27. The van der Waals surface area contributed by atoms with Gasteiger partial charge in [-0.2, -0.15) is 0 Å². The van der Waals surface area contributed by atoms with E-state index in [1.165, 1.54) is 25.1 Å². The molecule has 0 aromatic heterocycles. The fourth-order valence-electron chi connectivity index (χ4n) is 3.03. The van der Waals surface area contributed by atoms with Gasteiger partial charge in [-0.05, 0) is 19.2 Å². The number of carbonyl (C=O) groups excluding carboxylic acids is 1. The van der Waals surface area contributed by atoms with Crippen LogP contribution in [0.5, 0.6) is 5.75 Å². The number of nitrogens with one attached hydrogen (secondary N) is 2. The van der Waals surface area contributed by atoms with E-state index in [9.17, 15) is 18.3 Å². The molecule has 1 fully saturated rings. The fourth-order valence-corrected chi connectivity index (χ4v) is 4.14. The molecular formula is C17H29ClN4O4S. The number of piperazine rings is 1. The molecule has 2 rings (SSSR count). The number of rotatable bonds is 7. The minimum atomic E-state index is -3.55. The highest BCUT2D eigenvalue weighted by Gasteiger charge is 2.27. The summed E-state index contributed by atoms with van der Waals surface area (Å²) in [5.41, 5.74) is 0.518. The molecule has 0 atom stereocenters. The SMILES string of the molecule is CC(=O)Nc1ccc(NS(=O)(=O)CCC[N+]2(C)CCN(C)CC2)c(O)c1.[Cl-]. The van der Waals surface area contributed by atoms with E-state index in [4.69, 9.17) is 0 Å². The van der Waals surface area contributed by atoms with E-state index in [-0.39, 0.29) is 35.5 Å². The molecule has 154 valence electrons. The molecule has 1 aromatic carbocycles. The first-order valence-electron chi connectivity index (χ1n) is 8.72. The number of sulfonamides is 1. The summed E-state index contributed by atoms with van der Waals surface area (Å²) in [4.78, 5) is 13.3. The molecule has 10 heteroatoms. The number of carbonyl (C=O) groups is 1. The van der Waals surface area contributed by atoms with Crippen LogP contribution < -0.4 is 22.4 Å². The molecule has 3 N–H and O–H groups in total. The Kier molecular flexibility index (Phi) is 8.34. The maximum atomic E-state index is 12.3. The molecule has 1 amide bonds. The second kappa shape index (κ2) is 9.59. The van der Waals surface area contributed by atoms with E-state index in [1.54, 1.807) is 0 Å². The second-order valence-electron chi connectivity index (χ2n) is 7.28. The number of phenols is 1. The number of halogens is 1. The van der Waals surface area contributed by atoms with Crippen molar-refractivity contribution in [2.24, 2.45) is 0 Å². The summed E-state index contributed by atoms with van der Waals surface area (Å²) in [6, 6.07) is 4.29. The topological polar surface area (TPSA) is 98.7 Å². The molecule has 0 aliphatic carbocycles. The molecule has 0 bridgehead atoms. The van der Waals surface area contributed by atoms with Gasteiger partial charge in [-0.15, -0.1) is 0 Å². The molecule has 1 saturated heterocycles. The molecule has 27 heavy (non-hydrogen) atoms.